The van der Waals surface area contributed by atoms with Crippen LogP contribution in [0.5, 0.6) is 5.75 Å². The average molecular weight is 569 g/mol. The molecule has 6 nitrogen and oxygen atoms in total. The van der Waals surface area contributed by atoms with Crippen molar-refractivity contribution >= 4 is 32.8 Å². The van der Waals surface area contributed by atoms with Gasteiger partial charge in [0.1, 0.15) is 17.9 Å². The van der Waals surface area contributed by atoms with Gasteiger partial charge < -0.3 is 19.2 Å². The van der Waals surface area contributed by atoms with Crippen molar-refractivity contribution in [3.8, 4) is 5.75 Å². The van der Waals surface area contributed by atoms with Crippen molar-refractivity contribution in [2.75, 3.05) is 13.1 Å². The molecule has 5 rings (SSSR count). The second-order valence-electron chi connectivity index (χ2n) is 10.6. The Balaban J connectivity index is 1.29. The average Bonchev–Trinajstić information content (AvgIpc) is 2.88. The Kier molecular flexibility index (Phi) is 7.46. The molecule has 0 spiro atoms. The molecule has 1 saturated heterocycles. The maximum absolute atomic E-state index is 13.0. The summed E-state index contributed by atoms with van der Waals surface area (Å²) in [6, 6.07) is 11.7. The summed E-state index contributed by atoms with van der Waals surface area (Å²) < 4.78 is 12.8. The molecule has 1 amide bonds. The van der Waals surface area contributed by atoms with Crippen LogP contribution in [0.4, 0.5) is 0 Å². The Labute approximate surface area is 225 Å². The smallest absolute Gasteiger partial charge is 0.339 e. The van der Waals surface area contributed by atoms with Crippen molar-refractivity contribution < 1.29 is 19.1 Å². The van der Waals surface area contributed by atoms with Crippen LogP contribution in [0.2, 0.25) is 0 Å². The molecule has 1 N–H and O–H groups in total. The molecule has 0 bridgehead atoms. The molecule has 196 valence electrons. The first-order chi connectivity index (χ1) is 17.8. The van der Waals surface area contributed by atoms with Gasteiger partial charge >= 0.3 is 5.63 Å². The number of ether oxygens (including phenoxy) is 1. The third-order valence-corrected chi connectivity index (χ3v) is 9.14. The second-order valence-corrected chi connectivity index (χ2v) is 11.4. The highest BCUT2D eigenvalue weighted by Gasteiger charge is 2.43. The van der Waals surface area contributed by atoms with Crippen LogP contribution in [-0.2, 0) is 17.8 Å². The van der Waals surface area contributed by atoms with E-state index in [1.54, 1.807) is 0 Å². The zero-order valence-corrected chi connectivity index (χ0v) is 23.1. The Morgan fingerprint density at radius 1 is 1.16 bits per heavy atom. The standard InChI is InChI=1S/C30H34BrNO5/c1-19-23-10-12-26(36-18-21-7-3-4-9-25(21)31)20(2)28(23)37-29(34)24(19)11-13-27(33)32-16-15-30(35)14-6-5-8-22(30)17-32/h3-4,7,9-10,12,22,35H,5-6,8,11,13-18H2,1-2H3. The van der Waals surface area contributed by atoms with E-state index >= 15 is 0 Å². The van der Waals surface area contributed by atoms with E-state index in [-0.39, 0.29) is 18.2 Å². The highest BCUT2D eigenvalue weighted by molar-refractivity contribution is 9.10. The van der Waals surface area contributed by atoms with Gasteiger partial charge in [-0.3, -0.25) is 4.79 Å². The SMILES string of the molecule is Cc1c(CCC(=O)N2CCC3(O)CCCCC3C2)c(=O)oc2c(C)c(OCc3ccccc3Br)ccc12. The lowest BCUT2D eigenvalue weighted by molar-refractivity contribution is -0.143. The third-order valence-electron chi connectivity index (χ3n) is 8.36. The summed E-state index contributed by atoms with van der Waals surface area (Å²) in [7, 11) is 0. The zero-order valence-electron chi connectivity index (χ0n) is 21.5. The van der Waals surface area contributed by atoms with Crippen LogP contribution >= 0.6 is 15.9 Å². The van der Waals surface area contributed by atoms with Gasteiger partial charge in [0.05, 0.1) is 5.60 Å². The van der Waals surface area contributed by atoms with E-state index in [4.69, 9.17) is 9.15 Å². The molecule has 1 saturated carbocycles. The number of aliphatic hydroxyl groups is 1. The predicted molar refractivity (Wildman–Crippen MR) is 147 cm³/mol. The maximum Gasteiger partial charge on any atom is 0.339 e. The van der Waals surface area contributed by atoms with Crippen LogP contribution < -0.4 is 10.4 Å². The highest BCUT2D eigenvalue weighted by atomic mass is 79.9. The molecular weight excluding hydrogens is 534 g/mol. The Hall–Kier alpha value is -2.64. The minimum Gasteiger partial charge on any atom is -0.488 e. The number of rotatable bonds is 6. The van der Waals surface area contributed by atoms with Crippen LogP contribution in [0.25, 0.3) is 11.0 Å². The molecule has 7 heteroatoms. The van der Waals surface area contributed by atoms with E-state index in [0.29, 0.717) is 49.4 Å². The zero-order chi connectivity index (χ0) is 26.2. The molecule has 1 aliphatic heterocycles. The molecule has 37 heavy (non-hydrogen) atoms. The van der Waals surface area contributed by atoms with E-state index in [2.05, 4.69) is 15.9 Å². The lowest BCUT2D eigenvalue weighted by Gasteiger charge is -2.47. The van der Waals surface area contributed by atoms with E-state index < -0.39 is 11.2 Å². The molecule has 3 aromatic rings. The predicted octanol–water partition coefficient (Wildman–Crippen LogP) is 5.84. The highest BCUT2D eigenvalue weighted by Crippen LogP contribution is 2.40. The van der Waals surface area contributed by atoms with Crippen molar-refractivity contribution in [1.29, 1.82) is 0 Å². The first-order valence-corrected chi connectivity index (χ1v) is 14.0. The van der Waals surface area contributed by atoms with Crippen LogP contribution in [0, 0.1) is 19.8 Å². The summed E-state index contributed by atoms with van der Waals surface area (Å²) in [6.07, 6.45) is 5.24. The number of aryl methyl sites for hydroxylation is 2. The van der Waals surface area contributed by atoms with E-state index in [1.807, 2.05) is 55.1 Å². The number of hydrogen-bond donors (Lipinski definition) is 1. The first-order valence-electron chi connectivity index (χ1n) is 13.2. The Morgan fingerprint density at radius 2 is 1.97 bits per heavy atom. The fourth-order valence-electron chi connectivity index (χ4n) is 5.97. The number of nitrogens with zero attached hydrogens (tertiary/aromatic N) is 1. The van der Waals surface area contributed by atoms with Gasteiger partial charge in [0, 0.05) is 52.0 Å². The van der Waals surface area contributed by atoms with Gasteiger partial charge in [-0.1, -0.05) is 47.0 Å². The normalized spacial score (nSPS) is 21.6. The molecule has 2 aromatic carbocycles. The van der Waals surface area contributed by atoms with Crippen molar-refractivity contribution in [3.63, 3.8) is 0 Å². The molecule has 2 unspecified atom stereocenters. The van der Waals surface area contributed by atoms with Gasteiger partial charge in [0.15, 0.2) is 0 Å². The number of piperidine rings is 1. The monoisotopic (exact) mass is 567 g/mol. The van der Waals surface area contributed by atoms with E-state index in [9.17, 15) is 14.7 Å². The van der Waals surface area contributed by atoms with Gasteiger partial charge in [0.25, 0.3) is 0 Å². The number of carbonyl (C=O) groups excluding carboxylic acids is 1. The topological polar surface area (TPSA) is 80.0 Å². The van der Waals surface area contributed by atoms with Crippen LogP contribution in [-0.4, -0.2) is 34.6 Å². The number of carbonyl (C=O) groups is 1. The maximum atomic E-state index is 13.0. The summed E-state index contributed by atoms with van der Waals surface area (Å²) in [6.45, 7) is 5.40. The van der Waals surface area contributed by atoms with Crippen LogP contribution in [0.1, 0.15) is 60.8 Å². The van der Waals surface area contributed by atoms with Gasteiger partial charge in [-0.25, -0.2) is 4.79 Å². The molecule has 2 atom stereocenters. The summed E-state index contributed by atoms with van der Waals surface area (Å²) in [4.78, 5) is 27.9. The fourth-order valence-corrected chi connectivity index (χ4v) is 6.37. The number of halogens is 1. The number of likely N-dealkylation sites (tertiary alicyclic amines) is 1. The number of amides is 1. The largest absolute Gasteiger partial charge is 0.488 e. The summed E-state index contributed by atoms with van der Waals surface area (Å²) >= 11 is 3.54. The van der Waals surface area contributed by atoms with Gasteiger partial charge in [-0.15, -0.1) is 0 Å². The molecule has 2 heterocycles. The van der Waals surface area contributed by atoms with Crippen LogP contribution in [0.3, 0.4) is 0 Å². The Morgan fingerprint density at radius 3 is 2.78 bits per heavy atom. The summed E-state index contributed by atoms with van der Waals surface area (Å²) in [5.41, 5.74) is 2.72. The van der Waals surface area contributed by atoms with Crippen molar-refractivity contribution in [2.24, 2.45) is 5.92 Å². The fraction of sp³-hybridized carbons (Fsp3) is 0.467. The molecule has 1 aromatic heterocycles. The van der Waals surface area contributed by atoms with Gasteiger partial charge in [-0.2, -0.15) is 0 Å². The molecule has 2 aliphatic rings. The lowest BCUT2D eigenvalue weighted by atomic mass is 9.71. The first kappa shape index (κ1) is 26.0. The number of hydrogen-bond acceptors (Lipinski definition) is 5. The molecular formula is C30H34BrNO5. The number of fused-ring (bicyclic) bond motifs is 2. The minimum atomic E-state index is -0.608. The van der Waals surface area contributed by atoms with E-state index in [1.165, 1.54) is 0 Å². The third kappa shape index (κ3) is 5.21. The minimum absolute atomic E-state index is 0.0403. The van der Waals surface area contributed by atoms with Crippen molar-refractivity contribution in [3.05, 3.63) is 73.5 Å². The quantitative estimate of drug-likeness (QED) is 0.378. The molecule has 2 fully saturated rings. The van der Waals surface area contributed by atoms with E-state index in [0.717, 1.165) is 52.2 Å². The van der Waals surface area contributed by atoms with Crippen LogP contribution in [0.15, 0.2) is 50.1 Å². The lowest BCUT2D eigenvalue weighted by Crippen LogP contribution is -2.54. The molecule has 1 aliphatic carbocycles. The summed E-state index contributed by atoms with van der Waals surface area (Å²) in [5, 5.41) is 11.8. The van der Waals surface area contributed by atoms with Crippen molar-refractivity contribution in [2.45, 2.75) is 71.0 Å². The van der Waals surface area contributed by atoms with Gasteiger partial charge in [0.2, 0.25) is 5.91 Å². The van der Waals surface area contributed by atoms with Gasteiger partial charge in [-0.05, 0) is 63.3 Å². The van der Waals surface area contributed by atoms with Crippen molar-refractivity contribution in [1.82, 2.24) is 4.90 Å². The Bertz CT molecular complexity index is 1380. The number of benzene rings is 2. The molecule has 0 radical (unpaired) electrons. The second kappa shape index (κ2) is 10.6. The summed E-state index contributed by atoms with van der Waals surface area (Å²) in [5.74, 6) is 0.869.